The molecular weight excluding hydrogens is 474 g/mol. The summed E-state index contributed by atoms with van der Waals surface area (Å²) >= 11 is 5.94. The molecule has 1 aliphatic heterocycles. The van der Waals surface area contributed by atoms with Gasteiger partial charge in [0.15, 0.2) is 5.76 Å². The zero-order valence-corrected chi connectivity index (χ0v) is 20.3. The van der Waals surface area contributed by atoms with Crippen LogP contribution < -0.4 is 4.74 Å². The molecule has 0 spiro atoms. The van der Waals surface area contributed by atoms with Gasteiger partial charge in [-0.05, 0) is 59.5 Å². The fourth-order valence-electron chi connectivity index (χ4n) is 4.04. The van der Waals surface area contributed by atoms with E-state index in [1.165, 1.54) is 29.2 Å². The predicted molar refractivity (Wildman–Crippen MR) is 130 cm³/mol. The van der Waals surface area contributed by atoms with Gasteiger partial charge in [-0.2, -0.15) is 0 Å². The highest BCUT2D eigenvalue weighted by atomic mass is 35.5. The van der Waals surface area contributed by atoms with Crippen molar-refractivity contribution >= 4 is 27.3 Å². The molecule has 1 amide bonds. The molecule has 0 aromatic heterocycles. The van der Waals surface area contributed by atoms with E-state index in [0.29, 0.717) is 16.3 Å². The van der Waals surface area contributed by atoms with Crippen LogP contribution >= 0.6 is 11.6 Å². The molecule has 176 valence electrons. The van der Waals surface area contributed by atoms with Crippen LogP contribution in [-0.4, -0.2) is 31.4 Å². The third-order valence-electron chi connectivity index (χ3n) is 5.86. The Morgan fingerprint density at radius 1 is 1.00 bits per heavy atom. The maximum atomic E-state index is 13.6. The molecule has 0 radical (unpaired) electrons. The van der Waals surface area contributed by atoms with Gasteiger partial charge in [-0.3, -0.25) is 4.79 Å². The van der Waals surface area contributed by atoms with Crippen molar-refractivity contribution in [2.24, 2.45) is 0 Å². The molecule has 34 heavy (non-hydrogen) atoms. The Balaban J connectivity index is 1.84. The van der Waals surface area contributed by atoms with Gasteiger partial charge in [0.2, 0.25) is 9.84 Å². The van der Waals surface area contributed by atoms with Crippen LogP contribution in [0.1, 0.15) is 29.7 Å². The molecule has 4 rings (SSSR count). The maximum absolute atomic E-state index is 13.6. The van der Waals surface area contributed by atoms with Crippen molar-refractivity contribution in [3.05, 3.63) is 105 Å². The number of aliphatic hydroxyl groups excluding tert-OH is 1. The third kappa shape index (κ3) is 4.41. The van der Waals surface area contributed by atoms with E-state index in [2.05, 4.69) is 0 Å². The number of hydrogen-bond acceptors (Lipinski definition) is 5. The first-order chi connectivity index (χ1) is 16.3. The van der Waals surface area contributed by atoms with Crippen molar-refractivity contribution in [1.29, 1.82) is 0 Å². The molecule has 1 aliphatic rings. The first-order valence-electron chi connectivity index (χ1n) is 10.7. The summed E-state index contributed by atoms with van der Waals surface area (Å²) in [5, 5.41) is 11.2. The number of carbonyl (C=O) groups is 1. The number of benzene rings is 3. The average Bonchev–Trinajstić information content (AvgIpc) is 3.10. The molecule has 0 aliphatic carbocycles. The first kappa shape index (κ1) is 23.9. The van der Waals surface area contributed by atoms with Crippen LogP contribution in [0.4, 0.5) is 0 Å². The number of rotatable bonds is 7. The number of carbonyl (C=O) groups excluding carboxylic acids is 1. The Labute approximate surface area is 204 Å². The molecule has 3 aromatic carbocycles. The van der Waals surface area contributed by atoms with Crippen molar-refractivity contribution in [2.75, 3.05) is 7.11 Å². The van der Waals surface area contributed by atoms with Crippen molar-refractivity contribution < 1.29 is 23.1 Å². The Morgan fingerprint density at radius 3 is 2.29 bits per heavy atom. The normalized spacial score (nSPS) is 16.3. The molecular formula is C26H24ClNO5S. The number of aryl methyl sites for hydroxylation is 1. The number of methoxy groups -OCH3 is 1. The lowest BCUT2D eigenvalue weighted by molar-refractivity contribution is -0.130. The summed E-state index contributed by atoms with van der Waals surface area (Å²) in [6, 6.07) is 19.2. The van der Waals surface area contributed by atoms with E-state index >= 15 is 0 Å². The van der Waals surface area contributed by atoms with E-state index in [1.54, 1.807) is 37.4 Å². The van der Waals surface area contributed by atoms with Crippen LogP contribution in [0.3, 0.4) is 0 Å². The summed E-state index contributed by atoms with van der Waals surface area (Å²) in [5.41, 5.74) is 2.40. The highest BCUT2D eigenvalue weighted by Crippen LogP contribution is 2.43. The van der Waals surface area contributed by atoms with Crippen LogP contribution in [-0.2, 0) is 27.6 Å². The van der Waals surface area contributed by atoms with Gasteiger partial charge < -0.3 is 14.7 Å². The van der Waals surface area contributed by atoms with Crippen molar-refractivity contribution in [3.8, 4) is 5.75 Å². The van der Waals surface area contributed by atoms with Crippen molar-refractivity contribution in [2.45, 2.75) is 30.8 Å². The highest BCUT2D eigenvalue weighted by molar-refractivity contribution is 7.95. The lowest BCUT2D eigenvalue weighted by atomic mass is 10.0. The molecule has 1 atom stereocenters. The molecule has 8 heteroatoms. The second-order valence-corrected chi connectivity index (χ2v) is 10.3. The Morgan fingerprint density at radius 2 is 1.68 bits per heavy atom. The van der Waals surface area contributed by atoms with E-state index in [-0.39, 0.29) is 16.3 Å². The van der Waals surface area contributed by atoms with Crippen LogP contribution in [0.5, 0.6) is 5.75 Å². The number of amides is 1. The van der Waals surface area contributed by atoms with E-state index in [1.807, 2.05) is 25.1 Å². The fourth-order valence-corrected chi connectivity index (χ4v) is 5.82. The quantitative estimate of drug-likeness (QED) is 0.482. The van der Waals surface area contributed by atoms with E-state index in [0.717, 1.165) is 17.5 Å². The van der Waals surface area contributed by atoms with E-state index < -0.39 is 27.5 Å². The molecule has 6 nitrogen and oxygen atoms in total. The summed E-state index contributed by atoms with van der Waals surface area (Å²) in [5.74, 6) is -0.915. The van der Waals surface area contributed by atoms with Crippen LogP contribution in [0.25, 0.3) is 0 Å². The minimum absolute atomic E-state index is 0.0512. The average molecular weight is 498 g/mol. The lowest BCUT2D eigenvalue weighted by Gasteiger charge is -2.27. The lowest BCUT2D eigenvalue weighted by Crippen LogP contribution is -2.30. The number of sulfone groups is 1. The van der Waals surface area contributed by atoms with Crippen LogP contribution in [0.2, 0.25) is 5.02 Å². The van der Waals surface area contributed by atoms with Gasteiger partial charge in [-0.25, -0.2) is 8.42 Å². The zero-order chi connectivity index (χ0) is 24.5. The summed E-state index contributed by atoms with van der Waals surface area (Å²) in [6.07, 6.45) is 0.814. The molecule has 0 saturated carbocycles. The minimum atomic E-state index is -4.20. The number of nitrogens with zero attached hydrogens (tertiary/aromatic N) is 1. The SMILES string of the molecule is CCc1ccc([C@H]2C(S(=O)(=O)c3ccc(Cl)cc3)=C(O)C(=O)N2Cc2cccc(OC)c2)cc1. The van der Waals surface area contributed by atoms with Gasteiger partial charge in [0.25, 0.3) is 5.91 Å². The van der Waals surface area contributed by atoms with Gasteiger partial charge in [-0.1, -0.05) is 54.9 Å². The van der Waals surface area contributed by atoms with Gasteiger partial charge >= 0.3 is 0 Å². The Kier molecular flexibility index (Phi) is 6.68. The maximum Gasteiger partial charge on any atom is 0.290 e. The van der Waals surface area contributed by atoms with Crippen LogP contribution in [0.15, 0.2) is 88.4 Å². The van der Waals surface area contributed by atoms with Crippen molar-refractivity contribution in [3.63, 3.8) is 0 Å². The second kappa shape index (κ2) is 9.52. The predicted octanol–water partition coefficient (Wildman–Crippen LogP) is 5.24. The largest absolute Gasteiger partial charge is 0.502 e. The zero-order valence-electron chi connectivity index (χ0n) is 18.7. The number of hydrogen-bond donors (Lipinski definition) is 1. The summed E-state index contributed by atoms with van der Waals surface area (Å²) in [6.45, 7) is 2.10. The second-order valence-electron chi connectivity index (χ2n) is 7.95. The van der Waals surface area contributed by atoms with Gasteiger partial charge in [0.1, 0.15) is 10.7 Å². The van der Waals surface area contributed by atoms with Gasteiger partial charge in [0.05, 0.1) is 18.0 Å². The minimum Gasteiger partial charge on any atom is -0.502 e. The molecule has 0 saturated heterocycles. The van der Waals surface area contributed by atoms with Gasteiger partial charge in [-0.15, -0.1) is 0 Å². The van der Waals surface area contributed by atoms with Gasteiger partial charge in [0, 0.05) is 11.6 Å². The number of halogens is 1. The first-order valence-corrected chi connectivity index (χ1v) is 12.6. The highest BCUT2D eigenvalue weighted by Gasteiger charge is 2.46. The standard InChI is InChI=1S/C26H24ClNO5S/c1-3-17-7-9-19(10-8-17)23-25(34(31,32)22-13-11-20(27)12-14-22)24(29)26(30)28(23)16-18-5-4-6-21(15-18)33-2/h4-15,23,29H,3,16H2,1-2H3/t23-/m0/s1. The Hall–Kier alpha value is -3.29. The summed E-state index contributed by atoms with van der Waals surface area (Å²) < 4.78 is 32.6. The molecule has 0 fully saturated rings. The topological polar surface area (TPSA) is 83.9 Å². The Bertz CT molecular complexity index is 1350. The molecule has 1 heterocycles. The smallest absolute Gasteiger partial charge is 0.290 e. The fraction of sp³-hybridized carbons (Fsp3) is 0.192. The number of ether oxygens (including phenoxy) is 1. The van der Waals surface area contributed by atoms with Crippen molar-refractivity contribution in [1.82, 2.24) is 4.90 Å². The van der Waals surface area contributed by atoms with E-state index in [9.17, 15) is 18.3 Å². The van der Waals surface area contributed by atoms with E-state index in [4.69, 9.17) is 16.3 Å². The van der Waals surface area contributed by atoms with Crippen LogP contribution in [0, 0.1) is 0 Å². The third-order valence-corrected chi connectivity index (χ3v) is 8.00. The molecule has 3 aromatic rings. The monoisotopic (exact) mass is 497 g/mol. The molecule has 0 unspecified atom stereocenters. The molecule has 1 N–H and O–H groups in total. The number of aliphatic hydroxyl groups is 1. The molecule has 0 bridgehead atoms. The summed E-state index contributed by atoms with van der Waals surface area (Å²) in [7, 11) is -2.66. The summed E-state index contributed by atoms with van der Waals surface area (Å²) in [4.78, 5) is 14.2.